The van der Waals surface area contributed by atoms with Gasteiger partial charge in [0.05, 0.1) is 5.69 Å². The van der Waals surface area contributed by atoms with Crippen molar-refractivity contribution < 1.29 is 0 Å². The summed E-state index contributed by atoms with van der Waals surface area (Å²) in [5.41, 5.74) is 1.68. The molecule has 0 spiro atoms. The lowest BCUT2D eigenvalue weighted by Gasteiger charge is -2.08. The Balaban J connectivity index is 2.71. The van der Waals surface area contributed by atoms with Crippen molar-refractivity contribution in [2.24, 2.45) is 0 Å². The minimum absolute atomic E-state index is 0.0205. The summed E-state index contributed by atoms with van der Waals surface area (Å²) >= 11 is 7.41. The SMILES string of the molecule is CCc1cc(-c2nc(SC)[nH]c(=O)c2C#N)ccc1Cl. The number of benzene rings is 1. The van der Waals surface area contributed by atoms with Crippen molar-refractivity contribution in [3.8, 4) is 17.3 Å². The highest BCUT2D eigenvalue weighted by Gasteiger charge is 2.14. The first-order valence-corrected chi connectivity index (χ1v) is 7.58. The largest absolute Gasteiger partial charge is 0.300 e. The Morgan fingerprint density at radius 3 is 2.85 bits per heavy atom. The number of rotatable bonds is 3. The van der Waals surface area contributed by atoms with E-state index in [1.54, 1.807) is 12.1 Å². The first kappa shape index (κ1) is 14.6. The van der Waals surface area contributed by atoms with E-state index in [1.807, 2.05) is 25.3 Å². The second-order valence-corrected chi connectivity index (χ2v) is 5.27. The molecule has 0 aliphatic carbocycles. The second-order valence-electron chi connectivity index (χ2n) is 4.07. The average Bonchev–Trinajstić information content (AvgIpc) is 2.46. The molecule has 20 heavy (non-hydrogen) atoms. The summed E-state index contributed by atoms with van der Waals surface area (Å²) in [6.07, 6.45) is 2.58. The Hall–Kier alpha value is -1.77. The summed E-state index contributed by atoms with van der Waals surface area (Å²) < 4.78 is 0. The highest BCUT2D eigenvalue weighted by Crippen LogP contribution is 2.26. The van der Waals surface area contributed by atoms with Crippen LogP contribution in [-0.2, 0) is 6.42 Å². The molecule has 1 aromatic heterocycles. The van der Waals surface area contributed by atoms with E-state index in [2.05, 4.69) is 9.97 Å². The highest BCUT2D eigenvalue weighted by molar-refractivity contribution is 7.98. The number of aryl methyl sites for hydroxylation is 1. The van der Waals surface area contributed by atoms with E-state index in [1.165, 1.54) is 11.8 Å². The molecule has 1 N–H and O–H groups in total. The fraction of sp³-hybridized carbons (Fsp3) is 0.214. The van der Waals surface area contributed by atoms with Crippen LogP contribution in [0.25, 0.3) is 11.3 Å². The molecule has 0 saturated carbocycles. The van der Waals surface area contributed by atoms with Crippen LogP contribution in [0.4, 0.5) is 0 Å². The standard InChI is InChI=1S/C14H12ClN3OS/c1-3-8-6-9(4-5-11(8)15)12-10(7-16)13(19)18-14(17-12)20-2/h4-6H,3H2,1-2H3,(H,17,18,19). The lowest BCUT2D eigenvalue weighted by molar-refractivity contribution is 0.937. The maximum Gasteiger partial charge on any atom is 0.270 e. The molecule has 0 aliphatic heterocycles. The first-order valence-electron chi connectivity index (χ1n) is 5.97. The van der Waals surface area contributed by atoms with Gasteiger partial charge in [-0.3, -0.25) is 4.79 Å². The van der Waals surface area contributed by atoms with Gasteiger partial charge in [0.25, 0.3) is 5.56 Å². The molecule has 6 heteroatoms. The van der Waals surface area contributed by atoms with Gasteiger partial charge in [-0.2, -0.15) is 5.26 Å². The maximum atomic E-state index is 11.9. The number of hydrogen-bond acceptors (Lipinski definition) is 4. The fourth-order valence-corrected chi connectivity index (χ4v) is 2.48. The van der Waals surface area contributed by atoms with Crippen LogP contribution in [0.5, 0.6) is 0 Å². The quantitative estimate of drug-likeness (QED) is 0.698. The molecule has 102 valence electrons. The van der Waals surface area contributed by atoms with Gasteiger partial charge in [0.2, 0.25) is 0 Å². The van der Waals surface area contributed by atoms with Gasteiger partial charge >= 0.3 is 0 Å². The van der Waals surface area contributed by atoms with Crippen LogP contribution in [0, 0.1) is 11.3 Å². The van der Waals surface area contributed by atoms with Crippen LogP contribution >= 0.6 is 23.4 Å². The second kappa shape index (κ2) is 6.12. The van der Waals surface area contributed by atoms with Gasteiger partial charge in [-0.05, 0) is 30.4 Å². The smallest absolute Gasteiger partial charge is 0.270 e. The maximum absolute atomic E-state index is 11.9. The molecule has 0 unspecified atom stereocenters. The third kappa shape index (κ3) is 2.72. The van der Waals surface area contributed by atoms with E-state index in [0.717, 1.165) is 17.5 Å². The molecular weight excluding hydrogens is 294 g/mol. The number of nitriles is 1. The Morgan fingerprint density at radius 1 is 1.50 bits per heavy atom. The number of nitrogens with zero attached hydrogens (tertiary/aromatic N) is 2. The molecule has 0 saturated heterocycles. The van der Waals surface area contributed by atoms with E-state index in [-0.39, 0.29) is 5.56 Å². The summed E-state index contributed by atoms with van der Waals surface area (Å²) in [6, 6.07) is 7.32. The summed E-state index contributed by atoms with van der Waals surface area (Å²) in [7, 11) is 0. The number of aromatic amines is 1. The van der Waals surface area contributed by atoms with E-state index < -0.39 is 5.56 Å². The fourth-order valence-electron chi connectivity index (χ4n) is 1.85. The zero-order valence-corrected chi connectivity index (χ0v) is 12.6. The number of thioether (sulfide) groups is 1. The van der Waals surface area contributed by atoms with Crippen LogP contribution in [0.2, 0.25) is 5.02 Å². The molecule has 0 radical (unpaired) electrons. The molecule has 2 aromatic rings. The summed E-state index contributed by atoms with van der Waals surface area (Å²) in [4.78, 5) is 18.8. The highest BCUT2D eigenvalue weighted by atomic mass is 35.5. The summed E-state index contributed by atoms with van der Waals surface area (Å²) in [6.45, 7) is 1.99. The van der Waals surface area contributed by atoms with Gasteiger partial charge in [0.1, 0.15) is 11.6 Å². The van der Waals surface area contributed by atoms with Gasteiger partial charge in [-0.25, -0.2) is 4.98 Å². The minimum Gasteiger partial charge on any atom is -0.300 e. The van der Waals surface area contributed by atoms with Crippen molar-refractivity contribution in [2.75, 3.05) is 6.26 Å². The van der Waals surface area contributed by atoms with Gasteiger partial charge in [-0.1, -0.05) is 36.4 Å². The molecule has 0 bridgehead atoms. The van der Waals surface area contributed by atoms with Gasteiger partial charge < -0.3 is 4.98 Å². The zero-order valence-electron chi connectivity index (χ0n) is 11.0. The Kier molecular flexibility index (Phi) is 4.48. The minimum atomic E-state index is -0.421. The Morgan fingerprint density at radius 2 is 2.25 bits per heavy atom. The summed E-state index contributed by atoms with van der Waals surface area (Å²) in [5.74, 6) is 0. The van der Waals surface area contributed by atoms with Crippen molar-refractivity contribution in [3.63, 3.8) is 0 Å². The zero-order chi connectivity index (χ0) is 14.7. The molecule has 1 aromatic carbocycles. The van der Waals surface area contributed by atoms with Crippen molar-refractivity contribution in [1.82, 2.24) is 9.97 Å². The molecule has 1 heterocycles. The lowest BCUT2D eigenvalue weighted by atomic mass is 10.0. The third-order valence-corrected chi connectivity index (χ3v) is 3.85. The third-order valence-electron chi connectivity index (χ3n) is 2.90. The van der Waals surface area contributed by atoms with Crippen LogP contribution in [0.3, 0.4) is 0 Å². The number of H-pyrrole nitrogens is 1. The normalized spacial score (nSPS) is 10.3. The summed E-state index contributed by atoms with van der Waals surface area (Å²) in [5, 5.41) is 10.3. The number of halogens is 1. The predicted molar refractivity (Wildman–Crippen MR) is 81.2 cm³/mol. The van der Waals surface area contributed by atoms with Crippen LogP contribution in [-0.4, -0.2) is 16.2 Å². The van der Waals surface area contributed by atoms with Gasteiger partial charge in [0, 0.05) is 10.6 Å². The lowest BCUT2D eigenvalue weighted by Crippen LogP contribution is -2.14. The number of hydrogen-bond donors (Lipinski definition) is 1. The molecule has 0 atom stereocenters. The van der Waals surface area contributed by atoms with Gasteiger partial charge in [-0.15, -0.1) is 0 Å². The topological polar surface area (TPSA) is 69.5 Å². The molecule has 2 rings (SSSR count). The van der Waals surface area contributed by atoms with Crippen molar-refractivity contribution >= 4 is 23.4 Å². The average molecular weight is 306 g/mol. The van der Waals surface area contributed by atoms with Crippen molar-refractivity contribution in [3.05, 3.63) is 44.7 Å². The van der Waals surface area contributed by atoms with Crippen molar-refractivity contribution in [2.45, 2.75) is 18.5 Å². The van der Waals surface area contributed by atoms with Crippen LogP contribution < -0.4 is 5.56 Å². The monoisotopic (exact) mass is 305 g/mol. The van der Waals surface area contributed by atoms with E-state index in [0.29, 0.717) is 15.9 Å². The molecule has 0 amide bonds. The Labute approximate surface area is 125 Å². The van der Waals surface area contributed by atoms with E-state index in [9.17, 15) is 4.79 Å². The van der Waals surface area contributed by atoms with Crippen molar-refractivity contribution in [1.29, 1.82) is 5.26 Å². The van der Waals surface area contributed by atoms with Gasteiger partial charge in [0.15, 0.2) is 5.16 Å². The molecule has 0 aliphatic rings. The van der Waals surface area contributed by atoms with Crippen LogP contribution in [0.15, 0.2) is 28.2 Å². The predicted octanol–water partition coefficient (Wildman–Crippen LogP) is 3.25. The van der Waals surface area contributed by atoms with Crippen LogP contribution in [0.1, 0.15) is 18.1 Å². The number of aromatic nitrogens is 2. The first-order chi connectivity index (χ1) is 9.60. The molecular formula is C14H12ClN3OS. The van der Waals surface area contributed by atoms with E-state index in [4.69, 9.17) is 16.9 Å². The van der Waals surface area contributed by atoms with E-state index >= 15 is 0 Å². The molecule has 0 fully saturated rings. The number of nitrogens with one attached hydrogen (secondary N) is 1. The Bertz CT molecular complexity index is 749. The molecule has 4 nitrogen and oxygen atoms in total.